The van der Waals surface area contributed by atoms with Gasteiger partial charge in [0.1, 0.15) is 0 Å². The Balaban J connectivity index is 2.60. The van der Waals surface area contributed by atoms with Crippen molar-refractivity contribution in [1.82, 2.24) is 0 Å². The summed E-state index contributed by atoms with van der Waals surface area (Å²) in [4.78, 5) is 0. The van der Waals surface area contributed by atoms with Crippen LogP contribution in [0, 0.1) is 5.41 Å². The van der Waals surface area contributed by atoms with Gasteiger partial charge in [0.15, 0.2) is 0 Å². The molecule has 0 amide bonds. The van der Waals surface area contributed by atoms with Crippen molar-refractivity contribution in [2.75, 3.05) is 0 Å². The molecule has 0 bridgehead atoms. The standard InChI is InChI=1S/C5H6BF3/c6-3-4(1-2-4)5(7,8)9/h1-3H2. The molecule has 0 N–H and O–H groups in total. The van der Waals surface area contributed by atoms with Gasteiger partial charge in [0.05, 0.1) is 13.3 Å². The molecule has 1 fully saturated rings. The topological polar surface area (TPSA) is 0 Å². The maximum absolute atomic E-state index is 11.8. The summed E-state index contributed by atoms with van der Waals surface area (Å²) in [5, 5.41) is 0. The van der Waals surface area contributed by atoms with Crippen LogP contribution in [0.25, 0.3) is 0 Å². The quantitative estimate of drug-likeness (QED) is 0.480. The summed E-state index contributed by atoms with van der Waals surface area (Å²) in [5.41, 5.74) is -1.49. The molecule has 1 aliphatic carbocycles. The summed E-state index contributed by atoms with van der Waals surface area (Å²) >= 11 is 0. The van der Waals surface area contributed by atoms with Crippen LogP contribution in [0.5, 0.6) is 0 Å². The van der Waals surface area contributed by atoms with Gasteiger partial charge in [-0.1, -0.05) is 6.32 Å². The van der Waals surface area contributed by atoms with Crippen LogP contribution in [0.3, 0.4) is 0 Å². The molecule has 1 rings (SSSR count). The fourth-order valence-corrected chi connectivity index (χ4v) is 0.754. The molecule has 0 spiro atoms. The molecule has 0 nitrogen and oxygen atoms in total. The molecule has 0 aromatic heterocycles. The minimum atomic E-state index is -4.07. The molecule has 9 heavy (non-hydrogen) atoms. The highest BCUT2D eigenvalue weighted by Crippen LogP contribution is 2.59. The van der Waals surface area contributed by atoms with E-state index in [1.54, 1.807) is 0 Å². The van der Waals surface area contributed by atoms with Crippen LogP contribution < -0.4 is 0 Å². The van der Waals surface area contributed by atoms with Gasteiger partial charge >= 0.3 is 6.18 Å². The van der Waals surface area contributed by atoms with Gasteiger partial charge in [-0.3, -0.25) is 0 Å². The zero-order chi connectivity index (χ0) is 7.12. The van der Waals surface area contributed by atoms with Crippen LogP contribution in [0.4, 0.5) is 13.2 Å². The Morgan fingerprint density at radius 3 is 1.78 bits per heavy atom. The van der Waals surface area contributed by atoms with Crippen molar-refractivity contribution in [3.8, 4) is 0 Å². The molecule has 0 atom stereocenters. The molecule has 0 unspecified atom stereocenters. The minimum Gasteiger partial charge on any atom is -0.171 e. The predicted molar refractivity (Wildman–Crippen MR) is 28.3 cm³/mol. The minimum absolute atomic E-state index is 0.215. The molecular weight excluding hydrogens is 128 g/mol. The van der Waals surface area contributed by atoms with Crippen LogP contribution in [0.1, 0.15) is 12.8 Å². The highest BCUT2D eigenvalue weighted by atomic mass is 19.4. The van der Waals surface area contributed by atoms with E-state index in [0.717, 1.165) is 0 Å². The Kier molecular flexibility index (Phi) is 1.29. The van der Waals surface area contributed by atoms with Gasteiger partial charge in [0.2, 0.25) is 0 Å². The predicted octanol–water partition coefficient (Wildman–Crippen LogP) is 1.92. The van der Waals surface area contributed by atoms with E-state index in [1.165, 1.54) is 0 Å². The third kappa shape index (κ3) is 0.948. The third-order valence-electron chi connectivity index (χ3n) is 1.85. The molecule has 4 heteroatoms. The van der Waals surface area contributed by atoms with Gasteiger partial charge in [0, 0.05) is 0 Å². The highest BCUT2D eigenvalue weighted by Gasteiger charge is 2.61. The molecular formula is C5H6BF3. The van der Waals surface area contributed by atoms with Crippen LogP contribution >= 0.6 is 0 Å². The van der Waals surface area contributed by atoms with Crippen LogP contribution in [-0.4, -0.2) is 14.0 Å². The first-order chi connectivity index (χ1) is 4.02. The van der Waals surface area contributed by atoms with Gasteiger partial charge in [-0.05, 0) is 12.8 Å². The lowest BCUT2D eigenvalue weighted by molar-refractivity contribution is -0.180. The van der Waals surface area contributed by atoms with Crippen LogP contribution in [-0.2, 0) is 0 Å². The van der Waals surface area contributed by atoms with E-state index in [9.17, 15) is 13.2 Å². The van der Waals surface area contributed by atoms with Crippen molar-refractivity contribution >= 4 is 7.85 Å². The lowest BCUT2D eigenvalue weighted by Gasteiger charge is -2.16. The number of halogens is 3. The van der Waals surface area contributed by atoms with E-state index in [0.29, 0.717) is 0 Å². The summed E-state index contributed by atoms with van der Waals surface area (Å²) in [6, 6.07) is 0. The van der Waals surface area contributed by atoms with E-state index in [4.69, 9.17) is 7.85 Å². The second kappa shape index (κ2) is 1.67. The average molecular weight is 134 g/mol. The molecule has 0 heterocycles. The summed E-state index contributed by atoms with van der Waals surface area (Å²) in [5.74, 6) is 0. The van der Waals surface area contributed by atoms with Gasteiger partial charge < -0.3 is 0 Å². The lowest BCUT2D eigenvalue weighted by Crippen LogP contribution is -2.23. The molecule has 0 aromatic rings. The second-order valence-corrected chi connectivity index (χ2v) is 2.48. The van der Waals surface area contributed by atoms with Crippen molar-refractivity contribution < 1.29 is 13.2 Å². The SMILES string of the molecule is [B]CC1(C(F)(F)F)CC1. The molecule has 50 valence electrons. The van der Waals surface area contributed by atoms with Crippen molar-refractivity contribution in [1.29, 1.82) is 0 Å². The Morgan fingerprint density at radius 2 is 1.78 bits per heavy atom. The van der Waals surface area contributed by atoms with Gasteiger partial charge in [-0.15, -0.1) is 0 Å². The summed E-state index contributed by atoms with van der Waals surface area (Å²) in [7, 11) is 4.93. The number of hydrogen-bond donors (Lipinski definition) is 0. The average Bonchev–Trinajstić information content (AvgIpc) is 2.40. The Labute approximate surface area is 52.8 Å². The van der Waals surface area contributed by atoms with E-state index in [-0.39, 0.29) is 19.2 Å². The highest BCUT2D eigenvalue weighted by molar-refractivity contribution is 6.09. The van der Waals surface area contributed by atoms with E-state index >= 15 is 0 Å². The zero-order valence-electron chi connectivity index (χ0n) is 4.83. The van der Waals surface area contributed by atoms with Gasteiger partial charge in [0.25, 0.3) is 0 Å². The first kappa shape index (κ1) is 6.97. The number of rotatable bonds is 1. The lowest BCUT2D eigenvalue weighted by atomic mass is 9.88. The fourth-order valence-electron chi connectivity index (χ4n) is 0.754. The van der Waals surface area contributed by atoms with Crippen LogP contribution in [0.15, 0.2) is 0 Å². The molecule has 2 radical (unpaired) electrons. The van der Waals surface area contributed by atoms with Crippen molar-refractivity contribution in [3.05, 3.63) is 0 Å². The Morgan fingerprint density at radius 1 is 1.33 bits per heavy atom. The van der Waals surface area contributed by atoms with Crippen molar-refractivity contribution in [2.24, 2.45) is 5.41 Å². The fraction of sp³-hybridized carbons (Fsp3) is 1.00. The monoisotopic (exact) mass is 134 g/mol. The third-order valence-corrected chi connectivity index (χ3v) is 1.85. The van der Waals surface area contributed by atoms with Gasteiger partial charge in [-0.2, -0.15) is 13.2 Å². The maximum Gasteiger partial charge on any atom is 0.393 e. The molecule has 0 saturated heterocycles. The smallest absolute Gasteiger partial charge is 0.171 e. The summed E-state index contributed by atoms with van der Waals surface area (Å²) in [6.07, 6.45) is -3.89. The summed E-state index contributed by atoms with van der Waals surface area (Å²) in [6.45, 7) is 0. The largest absolute Gasteiger partial charge is 0.393 e. The Hall–Kier alpha value is -0.145. The second-order valence-electron chi connectivity index (χ2n) is 2.48. The molecule has 0 aliphatic heterocycles. The molecule has 1 aliphatic rings. The zero-order valence-corrected chi connectivity index (χ0v) is 4.83. The van der Waals surface area contributed by atoms with Crippen molar-refractivity contribution in [2.45, 2.75) is 25.3 Å². The molecule has 1 saturated carbocycles. The van der Waals surface area contributed by atoms with Gasteiger partial charge in [-0.25, -0.2) is 0 Å². The molecule has 0 aromatic carbocycles. The number of alkyl halides is 3. The van der Waals surface area contributed by atoms with E-state index < -0.39 is 11.6 Å². The van der Waals surface area contributed by atoms with Crippen LogP contribution in [0.2, 0.25) is 6.32 Å². The summed E-state index contributed by atoms with van der Waals surface area (Å²) < 4.78 is 35.4. The first-order valence-electron chi connectivity index (χ1n) is 2.79. The van der Waals surface area contributed by atoms with E-state index in [2.05, 4.69) is 0 Å². The first-order valence-corrected chi connectivity index (χ1v) is 2.79. The normalized spacial score (nSPS) is 23.9. The maximum atomic E-state index is 11.8. The Bertz CT molecular complexity index is 114. The van der Waals surface area contributed by atoms with Crippen molar-refractivity contribution in [3.63, 3.8) is 0 Å². The number of hydrogen-bond acceptors (Lipinski definition) is 0. The van der Waals surface area contributed by atoms with E-state index in [1.807, 2.05) is 0 Å².